The Morgan fingerprint density at radius 1 is 1.30 bits per heavy atom. The molecule has 1 aliphatic heterocycles. The average Bonchev–Trinajstić information content (AvgIpc) is 3.15. The van der Waals surface area contributed by atoms with Crippen LogP contribution in [0, 0.1) is 6.92 Å². The van der Waals surface area contributed by atoms with E-state index >= 15 is 0 Å². The van der Waals surface area contributed by atoms with Gasteiger partial charge in [0.25, 0.3) is 0 Å². The van der Waals surface area contributed by atoms with E-state index < -0.39 is 0 Å². The van der Waals surface area contributed by atoms with Crippen molar-refractivity contribution in [3.05, 3.63) is 63.6 Å². The van der Waals surface area contributed by atoms with Crippen LogP contribution in [0.4, 0.5) is 5.82 Å². The number of anilines is 1. The third-order valence-corrected chi connectivity index (χ3v) is 6.03. The quantitative estimate of drug-likeness (QED) is 0.574. The van der Waals surface area contributed by atoms with Crippen molar-refractivity contribution in [3.8, 4) is 0 Å². The van der Waals surface area contributed by atoms with Crippen molar-refractivity contribution in [1.29, 1.82) is 0 Å². The van der Waals surface area contributed by atoms with Gasteiger partial charge in [-0.05, 0) is 73.7 Å². The lowest BCUT2D eigenvalue weighted by molar-refractivity contribution is 0.303. The Bertz CT molecular complexity index is 1080. The summed E-state index contributed by atoms with van der Waals surface area (Å²) in [5.41, 5.74) is 3.87. The molecule has 158 valence electrons. The summed E-state index contributed by atoms with van der Waals surface area (Å²) >= 11 is 0. The second-order valence-corrected chi connectivity index (χ2v) is 8.72. The van der Waals surface area contributed by atoms with Crippen molar-refractivity contribution < 1.29 is 4.42 Å². The van der Waals surface area contributed by atoms with Crippen LogP contribution in [0.5, 0.6) is 0 Å². The fourth-order valence-electron chi connectivity index (χ4n) is 4.63. The van der Waals surface area contributed by atoms with E-state index in [9.17, 15) is 4.79 Å². The summed E-state index contributed by atoms with van der Waals surface area (Å²) in [5.74, 6) is 1.36. The highest BCUT2D eigenvalue weighted by Crippen LogP contribution is 2.28. The number of hydrogen-bond acceptors (Lipinski definition) is 6. The maximum absolute atomic E-state index is 12.2. The molecule has 6 heteroatoms. The van der Waals surface area contributed by atoms with Gasteiger partial charge >= 0.3 is 5.63 Å². The lowest BCUT2D eigenvalue weighted by Crippen LogP contribution is -2.39. The first kappa shape index (κ1) is 20.5. The lowest BCUT2D eigenvalue weighted by atomic mass is 9.95. The molecule has 0 spiro atoms. The first-order valence-electron chi connectivity index (χ1n) is 10.7. The van der Waals surface area contributed by atoms with E-state index in [4.69, 9.17) is 4.42 Å². The van der Waals surface area contributed by atoms with E-state index in [2.05, 4.69) is 53.9 Å². The topological polar surface area (TPSA) is 62.5 Å². The Balaban J connectivity index is 1.57. The Kier molecular flexibility index (Phi) is 5.86. The fraction of sp³-hybridized carbons (Fsp3) is 0.458. The van der Waals surface area contributed by atoms with Gasteiger partial charge in [0.15, 0.2) is 5.82 Å². The van der Waals surface area contributed by atoms with Crippen LogP contribution in [0.15, 0.2) is 45.7 Å². The van der Waals surface area contributed by atoms with E-state index in [0.29, 0.717) is 24.1 Å². The number of aromatic nitrogens is 2. The van der Waals surface area contributed by atoms with Gasteiger partial charge in [-0.1, -0.05) is 13.8 Å². The predicted octanol–water partition coefficient (Wildman–Crippen LogP) is 4.12. The highest BCUT2D eigenvalue weighted by Gasteiger charge is 2.27. The standard InChI is InChI=1S/C24H30N4O2/c1-16(2)20-13-21-18(12-24(29)30-22(21)11-17(20)3)14-27(4)15-19-7-6-10-28(19)23-8-5-9-25-26-23/h5,8-9,11-13,16,19H,6-7,10,14-15H2,1-4H3. The minimum absolute atomic E-state index is 0.287. The molecule has 0 amide bonds. The molecule has 3 heterocycles. The largest absolute Gasteiger partial charge is 0.423 e. The summed E-state index contributed by atoms with van der Waals surface area (Å²) in [4.78, 5) is 16.8. The van der Waals surface area contributed by atoms with Gasteiger partial charge in [-0.15, -0.1) is 5.10 Å². The number of nitrogens with zero attached hydrogens (tertiary/aromatic N) is 4. The monoisotopic (exact) mass is 406 g/mol. The SMILES string of the molecule is Cc1cc2oc(=O)cc(CN(C)CC3CCCN3c3cccnn3)c2cc1C(C)C. The van der Waals surface area contributed by atoms with E-state index in [0.717, 1.165) is 48.3 Å². The van der Waals surface area contributed by atoms with Crippen LogP contribution in [0.2, 0.25) is 0 Å². The van der Waals surface area contributed by atoms with Crippen molar-refractivity contribution in [2.75, 3.05) is 25.0 Å². The van der Waals surface area contributed by atoms with E-state index in [-0.39, 0.29) is 5.63 Å². The van der Waals surface area contributed by atoms with E-state index in [1.54, 1.807) is 12.3 Å². The van der Waals surface area contributed by atoms with Crippen LogP contribution >= 0.6 is 0 Å². The molecule has 3 aromatic rings. The molecule has 4 rings (SSSR count). The van der Waals surface area contributed by atoms with Gasteiger partial charge in [0, 0.05) is 43.3 Å². The van der Waals surface area contributed by atoms with Crippen LogP contribution in [0.25, 0.3) is 11.0 Å². The second kappa shape index (κ2) is 8.56. The average molecular weight is 407 g/mol. The summed E-state index contributed by atoms with van der Waals surface area (Å²) in [6, 6.07) is 10.2. The van der Waals surface area contributed by atoms with Crippen molar-refractivity contribution in [3.63, 3.8) is 0 Å². The van der Waals surface area contributed by atoms with Crippen molar-refractivity contribution in [2.24, 2.45) is 0 Å². The minimum Gasteiger partial charge on any atom is -0.423 e. The molecule has 1 aromatic carbocycles. The number of hydrogen-bond donors (Lipinski definition) is 0. The van der Waals surface area contributed by atoms with Gasteiger partial charge in [-0.25, -0.2) is 4.79 Å². The molecular weight excluding hydrogens is 376 g/mol. The maximum Gasteiger partial charge on any atom is 0.336 e. The molecule has 0 aliphatic carbocycles. The van der Waals surface area contributed by atoms with Gasteiger partial charge in [0.2, 0.25) is 0 Å². The number of benzene rings is 1. The minimum atomic E-state index is -0.287. The van der Waals surface area contributed by atoms with Crippen LogP contribution in [-0.2, 0) is 6.54 Å². The molecule has 1 unspecified atom stereocenters. The Hall–Kier alpha value is -2.73. The molecule has 0 N–H and O–H groups in total. The van der Waals surface area contributed by atoms with Crippen molar-refractivity contribution >= 4 is 16.8 Å². The predicted molar refractivity (Wildman–Crippen MR) is 120 cm³/mol. The van der Waals surface area contributed by atoms with Crippen molar-refractivity contribution in [2.45, 2.75) is 52.1 Å². The summed E-state index contributed by atoms with van der Waals surface area (Å²) < 4.78 is 5.51. The summed E-state index contributed by atoms with van der Waals surface area (Å²) in [7, 11) is 2.12. The maximum atomic E-state index is 12.2. The molecular formula is C24H30N4O2. The fourth-order valence-corrected chi connectivity index (χ4v) is 4.63. The number of likely N-dealkylation sites (N-methyl/N-ethyl adjacent to an activating group) is 1. The van der Waals surface area contributed by atoms with Crippen LogP contribution in [0.3, 0.4) is 0 Å². The molecule has 1 saturated heterocycles. The highest BCUT2D eigenvalue weighted by atomic mass is 16.4. The normalized spacial score (nSPS) is 16.9. The summed E-state index contributed by atoms with van der Waals surface area (Å²) in [5, 5.41) is 9.36. The van der Waals surface area contributed by atoms with Gasteiger partial charge in [0.05, 0.1) is 0 Å². The van der Waals surface area contributed by atoms with E-state index in [1.807, 2.05) is 18.2 Å². The number of rotatable bonds is 6. The zero-order valence-corrected chi connectivity index (χ0v) is 18.3. The number of aryl methyl sites for hydroxylation is 1. The Morgan fingerprint density at radius 3 is 2.87 bits per heavy atom. The molecule has 1 atom stereocenters. The van der Waals surface area contributed by atoms with Crippen LogP contribution < -0.4 is 10.5 Å². The molecule has 1 aliphatic rings. The molecule has 0 saturated carbocycles. The summed E-state index contributed by atoms with van der Waals surface area (Å²) in [6.07, 6.45) is 4.00. The molecule has 1 fully saturated rings. The molecule has 0 bridgehead atoms. The van der Waals surface area contributed by atoms with Gasteiger partial charge < -0.3 is 14.2 Å². The molecule has 6 nitrogen and oxygen atoms in total. The molecule has 2 aromatic heterocycles. The Labute approximate surface area is 177 Å². The zero-order chi connectivity index (χ0) is 21.3. The van der Waals surface area contributed by atoms with E-state index in [1.165, 1.54) is 5.56 Å². The van der Waals surface area contributed by atoms with Crippen LogP contribution in [-0.4, -0.2) is 41.3 Å². The number of fused-ring (bicyclic) bond motifs is 1. The van der Waals surface area contributed by atoms with Gasteiger partial charge in [-0.2, -0.15) is 5.10 Å². The zero-order valence-electron chi connectivity index (χ0n) is 18.3. The van der Waals surface area contributed by atoms with Gasteiger partial charge in [0.1, 0.15) is 5.58 Å². The third-order valence-electron chi connectivity index (χ3n) is 6.03. The summed E-state index contributed by atoms with van der Waals surface area (Å²) in [6.45, 7) is 9.08. The first-order valence-corrected chi connectivity index (χ1v) is 10.7. The second-order valence-electron chi connectivity index (χ2n) is 8.72. The van der Waals surface area contributed by atoms with Crippen molar-refractivity contribution in [1.82, 2.24) is 15.1 Å². The first-order chi connectivity index (χ1) is 14.4. The third kappa shape index (κ3) is 4.24. The highest BCUT2D eigenvalue weighted by molar-refractivity contribution is 5.82. The van der Waals surface area contributed by atoms with Gasteiger partial charge in [-0.3, -0.25) is 0 Å². The lowest BCUT2D eigenvalue weighted by Gasteiger charge is -2.29. The Morgan fingerprint density at radius 2 is 2.13 bits per heavy atom. The van der Waals surface area contributed by atoms with Crippen LogP contribution in [0.1, 0.15) is 49.3 Å². The smallest absolute Gasteiger partial charge is 0.336 e. The molecule has 0 radical (unpaired) electrons. The molecule has 30 heavy (non-hydrogen) atoms.